The molecule has 1 radical (unpaired) electrons. The molecule has 1 aromatic heterocycles. The van der Waals surface area contributed by atoms with E-state index in [2.05, 4.69) is 11.2 Å². The summed E-state index contributed by atoms with van der Waals surface area (Å²) < 4.78 is 1.76. The Kier molecular flexibility index (Phi) is 1.59. The van der Waals surface area contributed by atoms with Crippen LogP contribution in [0, 0.1) is 6.07 Å². The summed E-state index contributed by atoms with van der Waals surface area (Å²) in [7, 11) is 1.86. The summed E-state index contributed by atoms with van der Waals surface area (Å²) >= 11 is 0. The third-order valence-corrected chi connectivity index (χ3v) is 1.92. The molecule has 1 heterocycles. The quantitative estimate of drug-likeness (QED) is 0.673. The second-order valence-corrected chi connectivity index (χ2v) is 2.67. The minimum atomic E-state index is -0.0187. The van der Waals surface area contributed by atoms with Gasteiger partial charge in [-0.05, 0) is 18.2 Å². The lowest BCUT2D eigenvalue weighted by molar-refractivity contribution is 0.277. The number of nitrogens with zero attached hydrogens (tertiary/aromatic N) is 2. The number of benzene rings is 1. The van der Waals surface area contributed by atoms with Crippen LogP contribution in [-0.4, -0.2) is 14.9 Å². The molecule has 0 unspecified atom stereocenters. The highest BCUT2D eigenvalue weighted by atomic mass is 16.3. The maximum Gasteiger partial charge on any atom is 0.0957 e. The summed E-state index contributed by atoms with van der Waals surface area (Å²) in [4.78, 5) is 0. The first-order chi connectivity index (χ1) is 5.83. The van der Waals surface area contributed by atoms with Crippen LogP contribution in [0.25, 0.3) is 10.9 Å². The second-order valence-electron chi connectivity index (χ2n) is 2.67. The largest absolute Gasteiger partial charge is 0.390 e. The van der Waals surface area contributed by atoms with Crippen molar-refractivity contribution >= 4 is 10.9 Å². The zero-order chi connectivity index (χ0) is 8.55. The van der Waals surface area contributed by atoms with Gasteiger partial charge in [0.1, 0.15) is 0 Å². The van der Waals surface area contributed by atoms with Crippen LogP contribution in [0.5, 0.6) is 0 Å². The van der Waals surface area contributed by atoms with Crippen LogP contribution in [0.3, 0.4) is 0 Å². The SMILES string of the molecule is Cn1nc(CO)c2c[c]ccc21. The predicted molar refractivity (Wildman–Crippen MR) is 45.5 cm³/mol. The maximum atomic E-state index is 8.96. The maximum absolute atomic E-state index is 8.96. The number of aliphatic hydroxyl groups excluding tert-OH is 1. The van der Waals surface area contributed by atoms with Gasteiger partial charge < -0.3 is 5.11 Å². The molecule has 2 rings (SSSR count). The molecule has 0 aliphatic heterocycles. The van der Waals surface area contributed by atoms with Crippen molar-refractivity contribution < 1.29 is 5.11 Å². The molecule has 61 valence electrons. The molecule has 0 saturated carbocycles. The number of hydrogen-bond donors (Lipinski definition) is 1. The van der Waals surface area contributed by atoms with E-state index in [1.54, 1.807) is 4.68 Å². The van der Waals surface area contributed by atoms with E-state index >= 15 is 0 Å². The van der Waals surface area contributed by atoms with Crippen molar-refractivity contribution in [1.29, 1.82) is 0 Å². The van der Waals surface area contributed by atoms with Crippen LogP contribution >= 0.6 is 0 Å². The highest BCUT2D eigenvalue weighted by Gasteiger charge is 2.04. The Morgan fingerprint density at radius 2 is 2.50 bits per heavy atom. The van der Waals surface area contributed by atoms with Crippen LogP contribution < -0.4 is 0 Å². The fourth-order valence-corrected chi connectivity index (χ4v) is 1.34. The standard InChI is InChI=1S/C9H9N2O/c1-11-9-5-3-2-4-7(9)8(6-12)10-11/h3-5,12H,6H2,1H3. The van der Waals surface area contributed by atoms with Crippen molar-refractivity contribution in [2.45, 2.75) is 6.61 Å². The highest BCUT2D eigenvalue weighted by molar-refractivity contribution is 5.81. The van der Waals surface area contributed by atoms with Gasteiger partial charge in [-0.2, -0.15) is 5.10 Å². The van der Waals surface area contributed by atoms with E-state index in [0.717, 1.165) is 10.9 Å². The van der Waals surface area contributed by atoms with E-state index in [0.29, 0.717) is 5.69 Å². The van der Waals surface area contributed by atoms with E-state index in [1.165, 1.54) is 0 Å². The van der Waals surface area contributed by atoms with Gasteiger partial charge in [0.15, 0.2) is 0 Å². The van der Waals surface area contributed by atoms with E-state index in [1.807, 2.05) is 25.2 Å². The van der Waals surface area contributed by atoms with E-state index in [-0.39, 0.29) is 6.61 Å². The van der Waals surface area contributed by atoms with Gasteiger partial charge in [0.25, 0.3) is 0 Å². The Morgan fingerprint density at radius 1 is 1.67 bits per heavy atom. The van der Waals surface area contributed by atoms with Crippen molar-refractivity contribution in [2.75, 3.05) is 0 Å². The first kappa shape index (κ1) is 7.31. The molecule has 0 bridgehead atoms. The molecule has 3 heteroatoms. The lowest BCUT2D eigenvalue weighted by Gasteiger charge is -1.90. The predicted octanol–water partition coefficient (Wildman–Crippen LogP) is 0.866. The first-order valence-corrected chi connectivity index (χ1v) is 3.75. The fourth-order valence-electron chi connectivity index (χ4n) is 1.34. The average Bonchev–Trinajstić information content (AvgIpc) is 2.44. The molecule has 0 saturated heterocycles. The molecule has 0 spiro atoms. The van der Waals surface area contributed by atoms with Gasteiger partial charge in [-0.3, -0.25) is 4.68 Å². The van der Waals surface area contributed by atoms with Crippen LogP contribution in [0.1, 0.15) is 5.69 Å². The summed E-state index contributed by atoms with van der Waals surface area (Å²) in [6.45, 7) is -0.0187. The lowest BCUT2D eigenvalue weighted by Crippen LogP contribution is -1.90. The smallest absolute Gasteiger partial charge is 0.0957 e. The molecule has 3 nitrogen and oxygen atoms in total. The van der Waals surface area contributed by atoms with Gasteiger partial charge in [0.05, 0.1) is 17.8 Å². The van der Waals surface area contributed by atoms with Crippen molar-refractivity contribution in [3.05, 3.63) is 30.0 Å². The fraction of sp³-hybridized carbons (Fsp3) is 0.222. The van der Waals surface area contributed by atoms with Crippen molar-refractivity contribution in [3.63, 3.8) is 0 Å². The van der Waals surface area contributed by atoms with Crippen LogP contribution in [0.2, 0.25) is 0 Å². The Hall–Kier alpha value is -1.35. The molecule has 1 aromatic carbocycles. The summed E-state index contributed by atoms with van der Waals surface area (Å²) in [5, 5.41) is 14.1. The molecule has 2 aromatic rings. The zero-order valence-electron chi connectivity index (χ0n) is 6.78. The number of aryl methyl sites for hydroxylation is 1. The minimum Gasteiger partial charge on any atom is -0.390 e. The molecule has 0 fully saturated rings. The molecule has 0 amide bonds. The number of fused-ring (bicyclic) bond motifs is 1. The molecular weight excluding hydrogens is 152 g/mol. The summed E-state index contributed by atoms with van der Waals surface area (Å²) in [6, 6.07) is 8.57. The third kappa shape index (κ3) is 0.905. The molecular formula is C9H9N2O. The first-order valence-electron chi connectivity index (χ1n) is 3.75. The number of rotatable bonds is 1. The monoisotopic (exact) mass is 161 g/mol. The second kappa shape index (κ2) is 2.60. The summed E-state index contributed by atoms with van der Waals surface area (Å²) in [6.07, 6.45) is 0. The summed E-state index contributed by atoms with van der Waals surface area (Å²) in [5.41, 5.74) is 1.74. The molecule has 0 aliphatic rings. The van der Waals surface area contributed by atoms with Gasteiger partial charge in [0.2, 0.25) is 0 Å². The van der Waals surface area contributed by atoms with Gasteiger partial charge in [-0.1, -0.05) is 6.07 Å². The lowest BCUT2D eigenvalue weighted by atomic mass is 10.2. The topological polar surface area (TPSA) is 38.0 Å². The summed E-state index contributed by atoms with van der Waals surface area (Å²) in [5.74, 6) is 0. The normalized spacial score (nSPS) is 10.8. The van der Waals surface area contributed by atoms with Crippen molar-refractivity contribution in [1.82, 2.24) is 9.78 Å². The average molecular weight is 161 g/mol. The third-order valence-electron chi connectivity index (χ3n) is 1.92. The van der Waals surface area contributed by atoms with E-state index in [9.17, 15) is 0 Å². The molecule has 0 atom stereocenters. The van der Waals surface area contributed by atoms with Crippen molar-refractivity contribution in [3.8, 4) is 0 Å². The van der Waals surface area contributed by atoms with E-state index < -0.39 is 0 Å². The Bertz CT molecular complexity index is 406. The van der Waals surface area contributed by atoms with Gasteiger partial charge in [-0.25, -0.2) is 0 Å². The molecule has 0 aliphatic carbocycles. The number of hydrogen-bond acceptors (Lipinski definition) is 2. The van der Waals surface area contributed by atoms with Gasteiger partial charge in [-0.15, -0.1) is 0 Å². The Morgan fingerprint density at radius 3 is 3.25 bits per heavy atom. The van der Waals surface area contributed by atoms with Crippen LogP contribution in [0.4, 0.5) is 0 Å². The van der Waals surface area contributed by atoms with Crippen LogP contribution in [0.15, 0.2) is 18.2 Å². The molecule has 12 heavy (non-hydrogen) atoms. The van der Waals surface area contributed by atoms with E-state index in [4.69, 9.17) is 5.11 Å². The van der Waals surface area contributed by atoms with Crippen LogP contribution in [-0.2, 0) is 13.7 Å². The van der Waals surface area contributed by atoms with Gasteiger partial charge >= 0.3 is 0 Å². The minimum absolute atomic E-state index is 0.0187. The Balaban J connectivity index is 2.82. The number of aromatic nitrogens is 2. The zero-order valence-corrected chi connectivity index (χ0v) is 6.78. The van der Waals surface area contributed by atoms with Gasteiger partial charge in [0, 0.05) is 12.4 Å². The highest BCUT2D eigenvalue weighted by Crippen LogP contribution is 2.16. The Labute approximate surface area is 70.2 Å². The van der Waals surface area contributed by atoms with Crippen molar-refractivity contribution in [2.24, 2.45) is 7.05 Å². The molecule has 1 N–H and O–H groups in total. The number of aliphatic hydroxyl groups is 1.